The number of nitrogens with two attached hydrogens (primary N) is 1. The van der Waals surface area contributed by atoms with Crippen LogP contribution in [-0.2, 0) is 0 Å². The third kappa shape index (κ3) is 3.03. The summed E-state index contributed by atoms with van der Waals surface area (Å²) in [5.74, 6) is -0.109. The van der Waals surface area contributed by atoms with Crippen molar-refractivity contribution in [3.8, 4) is 11.5 Å². The van der Waals surface area contributed by atoms with E-state index in [4.69, 9.17) is 10.5 Å². The molecule has 1 amide bonds. The third-order valence-electron chi connectivity index (χ3n) is 2.69. The van der Waals surface area contributed by atoms with Crippen molar-refractivity contribution in [1.82, 2.24) is 0 Å². The number of carbonyl (C=O) groups is 1. The van der Waals surface area contributed by atoms with E-state index in [1.807, 2.05) is 0 Å². The maximum atomic E-state index is 12.1. The van der Waals surface area contributed by atoms with Crippen LogP contribution in [0.3, 0.4) is 0 Å². The smallest absolute Gasteiger partial charge is 0.259 e. The lowest BCUT2D eigenvalue weighted by atomic mass is 10.1. The van der Waals surface area contributed by atoms with Gasteiger partial charge in [-0.3, -0.25) is 4.79 Å². The van der Waals surface area contributed by atoms with Crippen molar-refractivity contribution in [3.05, 3.63) is 46.4 Å². The fourth-order valence-electron chi connectivity index (χ4n) is 1.66. The Bertz CT molecular complexity index is 659. The van der Waals surface area contributed by atoms with Crippen molar-refractivity contribution >= 4 is 33.2 Å². The van der Waals surface area contributed by atoms with Crippen LogP contribution in [0.25, 0.3) is 0 Å². The van der Waals surface area contributed by atoms with E-state index < -0.39 is 5.91 Å². The van der Waals surface area contributed by atoms with Gasteiger partial charge in [-0.15, -0.1) is 0 Å². The monoisotopic (exact) mass is 336 g/mol. The Morgan fingerprint density at radius 2 is 2.05 bits per heavy atom. The second kappa shape index (κ2) is 5.83. The number of phenols is 1. The molecular weight excluding hydrogens is 324 g/mol. The normalized spacial score (nSPS) is 10.1. The molecule has 0 saturated carbocycles. The highest BCUT2D eigenvalue weighted by atomic mass is 79.9. The number of hydrogen-bond donors (Lipinski definition) is 3. The molecular formula is C14H13BrN2O3. The third-order valence-corrected chi connectivity index (χ3v) is 3.38. The van der Waals surface area contributed by atoms with Gasteiger partial charge < -0.3 is 20.9 Å². The second-order valence-corrected chi connectivity index (χ2v) is 4.93. The van der Waals surface area contributed by atoms with E-state index in [2.05, 4.69) is 21.2 Å². The Balaban J connectivity index is 2.26. The van der Waals surface area contributed by atoms with Crippen LogP contribution in [0.5, 0.6) is 11.5 Å². The first-order valence-electron chi connectivity index (χ1n) is 5.74. The molecule has 20 heavy (non-hydrogen) atoms. The van der Waals surface area contributed by atoms with Crippen LogP contribution in [0.2, 0.25) is 0 Å². The molecule has 0 aromatic heterocycles. The number of phenolic OH excluding ortho intramolecular Hbond substituents is 1. The Hall–Kier alpha value is -2.21. The maximum Gasteiger partial charge on any atom is 0.259 e. The predicted molar refractivity (Wildman–Crippen MR) is 81.2 cm³/mol. The van der Waals surface area contributed by atoms with Crippen LogP contribution in [0.15, 0.2) is 40.9 Å². The molecule has 104 valence electrons. The van der Waals surface area contributed by atoms with E-state index in [0.29, 0.717) is 21.6 Å². The zero-order valence-corrected chi connectivity index (χ0v) is 12.3. The summed E-state index contributed by atoms with van der Waals surface area (Å²) in [5, 5.41) is 12.5. The van der Waals surface area contributed by atoms with Gasteiger partial charge in [-0.1, -0.05) is 0 Å². The predicted octanol–water partition coefficient (Wildman–Crippen LogP) is 3.00. The van der Waals surface area contributed by atoms with Gasteiger partial charge in [0.2, 0.25) is 0 Å². The number of benzene rings is 2. The minimum absolute atomic E-state index is 0.151. The van der Waals surface area contributed by atoms with Gasteiger partial charge in [0.25, 0.3) is 5.91 Å². The quantitative estimate of drug-likeness (QED) is 0.752. The molecule has 2 aromatic carbocycles. The van der Waals surface area contributed by atoms with Crippen molar-refractivity contribution in [2.24, 2.45) is 0 Å². The van der Waals surface area contributed by atoms with E-state index in [9.17, 15) is 9.90 Å². The number of rotatable bonds is 3. The largest absolute Gasteiger partial charge is 0.507 e. The summed E-state index contributed by atoms with van der Waals surface area (Å²) >= 11 is 3.32. The average Bonchev–Trinajstić information content (AvgIpc) is 2.42. The number of methoxy groups -OCH3 is 1. The standard InChI is InChI=1S/C14H13BrN2O3/c1-20-9-3-4-10(13(18)7-9)14(19)17-12-6-8(16)2-5-11(12)15/h2-7,18H,16H2,1H3,(H,17,19). The zero-order valence-electron chi connectivity index (χ0n) is 10.7. The van der Waals surface area contributed by atoms with E-state index in [1.54, 1.807) is 24.3 Å². The van der Waals surface area contributed by atoms with Crippen LogP contribution in [-0.4, -0.2) is 18.1 Å². The van der Waals surface area contributed by atoms with Gasteiger partial charge in [0, 0.05) is 16.2 Å². The molecule has 0 aliphatic heterocycles. The minimum Gasteiger partial charge on any atom is -0.507 e. The average molecular weight is 337 g/mol. The molecule has 0 saturated heterocycles. The lowest BCUT2D eigenvalue weighted by Gasteiger charge is -2.10. The molecule has 0 spiro atoms. The molecule has 0 atom stereocenters. The number of aromatic hydroxyl groups is 1. The fraction of sp³-hybridized carbons (Fsp3) is 0.0714. The van der Waals surface area contributed by atoms with Gasteiger partial charge in [0.05, 0.1) is 18.4 Å². The number of amides is 1. The van der Waals surface area contributed by atoms with Crippen LogP contribution in [0.4, 0.5) is 11.4 Å². The van der Waals surface area contributed by atoms with Gasteiger partial charge in [-0.05, 0) is 46.3 Å². The molecule has 2 rings (SSSR count). The maximum absolute atomic E-state index is 12.1. The summed E-state index contributed by atoms with van der Waals surface area (Å²) < 4.78 is 5.67. The van der Waals surface area contributed by atoms with Crippen LogP contribution in [0.1, 0.15) is 10.4 Å². The molecule has 2 aromatic rings. The summed E-state index contributed by atoms with van der Waals surface area (Å²) in [6.45, 7) is 0. The Morgan fingerprint density at radius 1 is 1.30 bits per heavy atom. The van der Waals surface area contributed by atoms with Gasteiger partial charge in [0.15, 0.2) is 0 Å². The first-order valence-corrected chi connectivity index (χ1v) is 6.54. The minimum atomic E-state index is -0.434. The topological polar surface area (TPSA) is 84.6 Å². The number of nitrogens with one attached hydrogen (secondary N) is 1. The molecule has 4 N–H and O–H groups in total. The highest BCUT2D eigenvalue weighted by Crippen LogP contribution is 2.28. The molecule has 0 radical (unpaired) electrons. The Kier molecular flexibility index (Phi) is 4.14. The molecule has 6 heteroatoms. The van der Waals surface area contributed by atoms with Crippen LogP contribution >= 0.6 is 15.9 Å². The lowest BCUT2D eigenvalue weighted by molar-refractivity contribution is 0.102. The van der Waals surface area contributed by atoms with Gasteiger partial charge in [-0.25, -0.2) is 0 Å². The molecule has 0 unspecified atom stereocenters. The second-order valence-electron chi connectivity index (χ2n) is 4.08. The van der Waals surface area contributed by atoms with E-state index in [1.165, 1.54) is 19.2 Å². The number of carbonyl (C=O) groups excluding carboxylic acids is 1. The summed E-state index contributed by atoms with van der Waals surface area (Å²) in [5.41, 5.74) is 6.89. The first kappa shape index (κ1) is 14.2. The highest BCUT2D eigenvalue weighted by molar-refractivity contribution is 9.10. The van der Waals surface area contributed by atoms with Crippen LogP contribution in [0, 0.1) is 0 Å². The molecule has 0 bridgehead atoms. The van der Waals surface area contributed by atoms with Crippen molar-refractivity contribution in [3.63, 3.8) is 0 Å². The SMILES string of the molecule is COc1ccc(C(=O)Nc2cc(N)ccc2Br)c(O)c1. The molecule has 0 heterocycles. The van der Waals surface area contributed by atoms with Crippen molar-refractivity contribution in [1.29, 1.82) is 0 Å². The van der Waals surface area contributed by atoms with Crippen molar-refractivity contribution in [2.45, 2.75) is 0 Å². The zero-order chi connectivity index (χ0) is 14.7. The van der Waals surface area contributed by atoms with E-state index in [-0.39, 0.29) is 11.3 Å². The number of ether oxygens (including phenoxy) is 1. The lowest BCUT2D eigenvalue weighted by Crippen LogP contribution is -2.12. The summed E-state index contributed by atoms with van der Waals surface area (Å²) in [7, 11) is 1.48. The van der Waals surface area contributed by atoms with Gasteiger partial charge >= 0.3 is 0 Å². The number of nitrogen functional groups attached to an aromatic ring is 1. The molecule has 0 fully saturated rings. The fourth-order valence-corrected chi connectivity index (χ4v) is 2.00. The first-order chi connectivity index (χ1) is 9.51. The number of hydrogen-bond acceptors (Lipinski definition) is 4. The van der Waals surface area contributed by atoms with E-state index >= 15 is 0 Å². The summed E-state index contributed by atoms with van der Waals surface area (Å²) in [6.07, 6.45) is 0. The van der Waals surface area contributed by atoms with Gasteiger partial charge in [-0.2, -0.15) is 0 Å². The van der Waals surface area contributed by atoms with E-state index in [0.717, 1.165) is 0 Å². The summed E-state index contributed by atoms with van der Waals surface area (Å²) in [4.78, 5) is 12.1. The Labute approximate surface area is 124 Å². The van der Waals surface area contributed by atoms with Gasteiger partial charge in [0.1, 0.15) is 11.5 Å². The highest BCUT2D eigenvalue weighted by Gasteiger charge is 2.13. The summed E-state index contributed by atoms with van der Waals surface area (Å²) in [6, 6.07) is 9.54. The molecule has 0 aliphatic rings. The number of anilines is 2. The molecule has 0 aliphatic carbocycles. The van der Waals surface area contributed by atoms with Crippen LogP contribution < -0.4 is 15.8 Å². The Morgan fingerprint density at radius 3 is 2.70 bits per heavy atom. The number of halogens is 1. The molecule has 5 nitrogen and oxygen atoms in total. The van der Waals surface area contributed by atoms with Crippen molar-refractivity contribution < 1.29 is 14.6 Å². The van der Waals surface area contributed by atoms with Crippen molar-refractivity contribution in [2.75, 3.05) is 18.2 Å².